The van der Waals surface area contributed by atoms with Crippen molar-refractivity contribution in [2.75, 3.05) is 6.61 Å². The van der Waals surface area contributed by atoms with E-state index >= 15 is 0 Å². The Hall–Kier alpha value is -2.53. The summed E-state index contributed by atoms with van der Waals surface area (Å²) in [5.41, 5.74) is 1.68. The van der Waals surface area contributed by atoms with Crippen molar-refractivity contribution in [3.63, 3.8) is 0 Å². The molecular weight excluding hydrogens is 342 g/mol. The van der Waals surface area contributed by atoms with Gasteiger partial charge >= 0.3 is 5.97 Å². The zero-order chi connectivity index (χ0) is 18.2. The van der Waals surface area contributed by atoms with Crippen molar-refractivity contribution in [3.8, 4) is 17.4 Å². The van der Waals surface area contributed by atoms with E-state index in [-0.39, 0.29) is 11.7 Å². The number of nitrogens with zero attached hydrogens (tertiary/aromatic N) is 1. The third kappa shape index (κ3) is 5.80. The molecule has 1 aromatic heterocycles. The first-order chi connectivity index (χ1) is 12.0. The number of benzene rings is 1. The second kappa shape index (κ2) is 9.08. The van der Waals surface area contributed by atoms with E-state index in [1.165, 1.54) is 18.3 Å². The van der Waals surface area contributed by atoms with Crippen molar-refractivity contribution in [1.82, 2.24) is 4.98 Å². The van der Waals surface area contributed by atoms with Gasteiger partial charge in [-0.25, -0.2) is 9.78 Å². The number of halogens is 1. The molecule has 0 bridgehead atoms. The van der Waals surface area contributed by atoms with Gasteiger partial charge in [0.2, 0.25) is 5.88 Å². The third-order valence-electron chi connectivity index (χ3n) is 3.40. The lowest BCUT2D eigenvalue weighted by molar-refractivity contribution is -0.137. The van der Waals surface area contributed by atoms with Crippen molar-refractivity contribution < 1.29 is 19.4 Å². The molecule has 0 unspecified atom stereocenters. The van der Waals surface area contributed by atoms with E-state index in [1.54, 1.807) is 24.3 Å². The molecule has 0 aliphatic carbocycles. The molecule has 1 heterocycles. The van der Waals surface area contributed by atoms with E-state index in [2.05, 4.69) is 4.98 Å². The molecule has 1 aromatic carbocycles. The minimum Gasteiger partial charge on any atom is -0.506 e. The molecule has 25 heavy (non-hydrogen) atoms. The van der Waals surface area contributed by atoms with E-state index in [1.807, 2.05) is 13.8 Å². The molecule has 132 valence electrons. The minimum atomic E-state index is -0.377. The third-order valence-corrected chi connectivity index (χ3v) is 3.69. The van der Waals surface area contributed by atoms with E-state index in [0.717, 1.165) is 24.0 Å². The van der Waals surface area contributed by atoms with Crippen LogP contribution < -0.4 is 4.74 Å². The van der Waals surface area contributed by atoms with Crippen LogP contribution in [0.5, 0.6) is 17.4 Å². The largest absolute Gasteiger partial charge is 0.506 e. The molecule has 2 rings (SSSR count). The molecule has 0 amide bonds. The van der Waals surface area contributed by atoms with Crippen LogP contribution in [0.3, 0.4) is 0 Å². The molecule has 0 saturated carbocycles. The Kier molecular flexibility index (Phi) is 6.83. The lowest BCUT2D eigenvalue weighted by Crippen LogP contribution is -2.01. The van der Waals surface area contributed by atoms with Crippen molar-refractivity contribution in [2.24, 2.45) is 0 Å². The average molecular weight is 362 g/mol. The Morgan fingerprint density at radius 1 is 1.36 bits per heavy atom. The highest BCUT2D eigenvalue weighted by molar-refractivity contribution is 6.32. The lowest BCUT2D eigenvalue weighted by Gasteiger charge is -2.10. The van der Waals surface area contributed by atoms with Crippen LogP contribution in [0.1, 0.15) is 30.9 Å². The van der Waals surface area contributed by atoms with Gasteiger partial charge in [0.05, 0.1) is 17.8 Å². The van der Waals surface area contributed by atoms with Crippen molar-refractivity contribution in [2.45, 2.75) is 26.7 Å². The van der Waals surface area contributed by atoms with E-state index in [0.29, 0.717) is 23.3 Å². The zero-order valence-corrected chi connectivity index (χ0v) is 14.9. The smallest absolute Gasteiger partial charge is 0.330 e. The first-order valence-corrected chi connectivity index (χ1v) is 8.35. The molecule has 0 aliphatic heterocycles. The predicted molar refractivity (Wildman–Crippen MR) is 97.1 cm³/mol. The number of pyridine rings is 1. The Morgan fingerprint density at radius 3 is 2.84 bits per heavy atom. The number of unbranched alkanes of at least 4 members (excludes halogenated alkanes) is 1. The molecule has 1 N–H and O–H groups in total. The second-order valence-corrected chi connectivity index (χ2v) is 5.86. The number of aryl methyl sites for hydroxylation is 1. The van der Waals surface area contributed by atoms with Gasteiger partial charge in [-0.2, -0.15) is 0 Å². The Bertz CT molecular complexity index is 757. The maximum absolute atomic E-state index is 11.6. The van der Waals surface area contributed by atoms with Crippen molar-refractivity contribution in [3.05, 3.63) is 52.7 Å². The normalized spacial score (nSPS) is 10.8. The summed E-state index contributed by atoms with van der Waals surface area (Å²) in [5, 5.41) is 9.63. The molecule has 0 fully saturated rings. The van der Waals surface area contributed by atoms with Gasteiger partial charge in [-0.3, -0.25) is 0 Å². The number of carbonyl (C=O) groups is 1. The Morgan fingerprint density at radius 2 is 2.16 bits per heavy atom. The minimum absolute atomic E-state index is 0.0564. The molecule has 6 heteroatoms. The Labute approximate surface area is 151 Å². The van der Waals surface area contributed by atoms with Gasteiger partial charge < -0.3 is 14.6 Å². The SMILES string of the molecule is CCCCOC(=O)C=Cc1cc(Cl)c(Oc2ccc(O)cn2)cc1C. The van der Waals surface area contributed by atoms with Crippen LogP contribution >= 0.6 is 11.6 Å². The summed E-state index contributed by atoms with van der Waals surface area (Å²) in [5.74, 6) is 0.445. The van der Waals surface area contributed by atoms with Crippen LogP contribution in [0.15, 0.2) is 36.5 Å². The number of aromatic hydroxyl groups is 1. The number of rotatable bonds is 7. The summed E-state index contributed by atoms with van der Waals surface area (Å²) in [6, 6.07) is 6.49. The molecular formula is C19H20ClNO4. The number of carbonyl (C=O) groups excluding carboxylic acids is 1. The van der Waals surface area contributed by atoms with Crippen molar-refractivity contribution in [1.29, 1.82) is 0 Å². The summed E-state index contributed by atoms with van der Waals surface area (Å²) in [6.07, 6.45) is 6.16. The van der Waals surface area contributed by atoms with Crippen molar-refractivity contribution >= 4 is 23.6 Å². The highest BCUT2D eigenvalue weighted by Crippen LogP contribution is 2.32. The molecule has 0 radical (unpaired) electrons. The van der Waals surface area contributed by atoms with Gasteiger partial charge in [0.15, 0.2) is 0 Å². The molecule has 5 nitrogen and oxygen atoms in total. The fourth-order valence-electron chi connectivity index (χ4n) is 2.00. The van der Waals surface area contributed by atoms with Crippen LogP contribution in [0.4, 0.5) is 0 Å². The summed E-state index contributed by atoms with van der Waals surface area (Å²) in [4.78, 5) is 15.6. The predicted octanol–water partition coefficient (Wildman–Crippen LogP) is 4.90. The number of aromatic nitrogens is 1. The van der Waals surface area contributed by atoms with Gasteiger partial charge in [0.25, 0.3) is 0 Å². The summed E-state index contributed by atoms with van der Waals surface area (Å²) >= 11 is 6.25. The number of ether oxygens (including phenoxy) is 2. The quantitative estimate of drug-likeness (QED) is 0.431. The first kappa shape index (κ1) is 18.8. The summed E-state index contributed by atoms with van der Waals surface area (Å²) in [7, 11) is 0. The van der Waals surface area contributed by atoms with Crippen LogP contribution in [0.2, 0.25) is 5.02 Å². The highest BCUT2D eigenvalue weighted by Gasteiger charge is 2.08. The maximum Gasteiger partial charge on any atom is 0.330 e. The molecule has 0 spiro atoms. The monoisotopic (exact) mass is 361 g/mol. The number of esters is 1. The number of hydrogen-bond donors (Lipinski definition) is 1. The topological polar surface area (TPSA) is 68.7 Å². The Balaban J connectivity index is 2.08. The lowest BCUT2D eigenvalue weighted by atomic mass is 10.1. The van der Waals surface area contributed by atoms with Crippen LogP contribution in [-0.4, -0.2) is 22.7 Å². The highest BCUT2D eigenvalue weighted by atomic mass is 35.5. The number of hydrogen-bond acceptors (Lipinski definition) is 5. The van der Waals surface area contributed by atoms with Crippen LogP contribution in [-0.2, 0) is 9.53 Å². The molecule has 0 aliphatic rings. The first-order valence-electron chi connectivity index (χ1n) is 7.97. The van der Waals surface area contributed by atoms with Gasteiger partial charge in [0, 0.05) is 12.1 Å². The van der Waals surface area contributed by atoms with Crippen LogP contribution in [0.25, 0.3) is 6.08 Å². The fourth-order valence-corrected chi connectivity index (χ4v) is 2.21. The van der Waals surface area contributed by atoms with Gasteiger partial charge in [-0.05, 0) is 48.7 Å². The van der Waals surface area contributed by atoms with Gasteiger partial charge in [-0.1, -0.05) is 24.9 Å². The maximum atomic E-state index is 11.6. The second-order valence-electron chi connectivity index (χ2n) is 5.45. The standard InChI is InChI=1S/C19H20ClNO4/c1-3-4-9-24-19(23)8-5-14-11-16(20)17(10-13(14)2)25-18-7-6-15(22)12-21-18/h5-8,10-12,22H,3-4,9H2,1-2H3. The molecule has 2 aromatic rings. The van der Waals surface area contributed by atoms with Crippen LogP contribution in [0, 0.1) is 6.92 Å². The summed E-state index contributed by atoms with van der Waals surface area (Å²) < 4.78 is 10.7. The zero-order valence-electron chi connectivity index (χ0n) is 14.2. The van der Waals surface area contributed by atoms with E-state index in [4.69, 9.17) is 21.1 Å². The van der Waals surface area contributed by atoms with Gasteiger partial charge in [-0.15, -0.1) is 0 Å². The van der Waals surface area contributed by atoms with Gasteiger partial charge in [0.1, 0.15) is 11.5 Å². The fraction of sp³-hybridized carbons (Fsp3) is 0.263. The van der Waals surface area contributed by atoms with E-state index in [9.17, 15) is 9.90 Å². The average Bonchev–Trinajstić information content (AvgIpc) is 2.59. The molecule has 0 saturated heterocycles. The summed E-state index contributed by atoms with van der Waals surface area (Å²) in [6.45, 7) is 4.34. The van der Waals surface area contributed by atoms with E-state index < -0.39 is 0 Å². The molecule has 0 atom stereocenters.